The average molecular weight is 248 g/mol. The Morgan fingerprint density at radius 1 is 1.39 bits per heavy atom. The van der Waals surface area contributed by atoms with Crippen LogP contribution in [0.1, 0.15) is 29.5 Å². The van der Waals surface area contributed by atoms with Crippen molar-refractivity contribution in [1.82, 2.24) is 5.32 Å². The lowest BCUT2D eigenvalue weighted by molar-refractivity contribution is -0.123. The number of carbonyl (C=O) groups is 1. The lowest BCUT2D eigenvalue weighted by atomic mass is 10.1. The zero-order chi connectivity index (χ0) is 13.3. The van der Waals surface area contributed by atoms with E-state index in [2.05, 4.69) is 5.32 Å². The molecule has 0 unspecified atom stereocenters. The molecule has 1 aliphatic rings. The fourth-order valence-electron chi connectivity index (χ4n) is 2.18. The monoisotopic (exact) mass is 248 g/mol. The van der Waals surface area contributed by atoms with Crippen LogP contribution < -0.4 is 15.8 Å². The Bertz CT molecular complexity index is 456. The number of methoxy groups -OCH3 is 1. The molecule has 0 heterocycles. The molecule has 0 radical (unpaired) electrons. The number of hydrogen-bond acceptors (Lipinski definition) is 3. The zero-order valence-electron chi connectivity index (χ0n) is 11.2. The van der Waals surface area contributed by atoms with Crippen LogP contribution in [0.2, 0.25) is 0 Å². The number of hydrogen-bond donors (Lipinski definition) is 2. The van der Waals surface area contributed by atoms with Crippen LogP contribution in [-0.4, -0.2) is 18.6 Å². The van der Waals surface area contributed by atoms with Gasteiger partial charge in [-0.2, -0.15) is 0 Å². The molecular weight excluding hydrogens is 228 g/mol. The summed E-state index contributed by atoms with van der Waals surface area (Å²) in [6.07, 6.45) is 1.58. The predicted molar refractivity (Wildman–Crippen MR) is 70.5 cm³/mol. The molecule has 98 valence electrons. The molecule has 3 N–H and O–H groups in total. The highest BCUT2D eigenvalue weighted by atomic mass is 16.5. The van der Waals surface area contributed by atoms with Crippen molar-refractivity contribution in [2.75, 3.05) is 7.11 Å². The molecule has 0 bridgehead atoms. The lowest BCUT2D eigenvalue weighted by Gasteiger charge is -2.13. The van der Waals surface area contributed by atoms with Crippen molar-refractivity contribution in [3.63, 3.8) is 0 Å². The lowest BCUT2D eigenvalue weighted by Crippen LogP contribution is -2.42. The zero-order valence-corrected chi connectivity index (χ0v) is 11.2. The summed E-state index contributed by atoms with van der Waals surface area (Å²) in [4.78, 5) is 11.7. The third-order valence-electron chi connectivity index (χ3n) is 3.42. The van der Waals surface area contributed by atoms with Crippen molar-refractivity contribution >= 4 is 5.91 Å². The van der Waals surface area contributed by atoms with Gasteiger partial charge in [-0.15, -0.1) is 0 Å². The first kappa shape index (κ1) is 12.9. The Kier molecular flexibility index (Phi) is 3.30. The number of aryl methyl sites for hydroxylation is 2. The Morgan fingerprint density at radius 3 is 2.39 bits per heavy atom. The highest BCUT2D eigenvalue weighted by molar-refractivity contribution is 5.88. The second kappa shape index (κ2) is 4.61. The molecule has 18 heavy (non-hydrogen) atoms. The number of nitrogens with one attached hydrogen (secondary N) is 1. The topological polar surface area (TPSA) is 64.3 Å². The van der Waals surface area contributed by atoms with Gasteiger partial charge in [-0.05, 0) is 43.4 Å². The second-order valence-electron chi connectivity index (χ2n) is 5.10. The number of ether oxygens (including phenoxy) is 1. The van der Waals surface area contributed by atoms with Gasteiger partial charge in [0.2, 0.25) is 5.91 Å². The Balaban J connectivity index is 2.04. The molecule has 0 atom stereocenters. The van der Waals surface area contributed by atoms with Crippen molar-refractivity contribution in [3.8, 4) is 5.75 Å². The summed E-state index contributed by atoms with van der Waals surface area (Å²) in [7, 11) is 1.67. The molecule has 0 aliphatic heterocycles. The SMILES string of the molecule is COc1c(C)cc(CNC(=O)C2(N)CC2)cc1C. The van der Waals surface area contributed by atoms with E-state index >= 15 is 0 Å². The largest absolute Gasteiger partial charge is 0.496 e. The van der Waals surface area contributed by atoms with E-state index in [-0.39, 0.29) is 5.91 Å². The maximum Gasteiger partial charge on any atom is 0.240 e. The molecule has 0 aromatic heterocycles. The molecule has 1 aromatic rings. The summed E-state index contributed by atoms with van der Waals surface area (Å²) in [5.74, 6) is 0.858. The van der Waals surface area contributed by atoms with Crippen LogP contribution in [0.3, 0.4) is 0 Å². The fraction of sp³-hybridized carbons (Fsp3) is 0.500. The van der Waals surface area contributed by atoms with Crippen molar-refractivity contribution in [3.05, 3.63) is 28.8 Å². The van der Waals surface area contributed by atoms with Crippen molar-refractivity contribution in [2.24, 2.45) is 5.73 Å². The van der Waals surface area contributed by atoms with Crippen LogP contribution in [0, 0.1) is 13.8 Å². The summed E-state index contributed by atoms with van der Waals surface area (Å²) in [5, 5.41) is 2.89. The molecule has 2 rings (SSSR count). The Hall–Kier alpha value is -1.55. The third kappa shape index (κ3) is 2.48. The molecule has 1 aliphatic carbocycles. The standard InChI is InChI=1S/C14H20N2O2/c1-9-6-11(7-10(2)12(9)18-3)8-16-13(17)14(15)4-5-14/h6-7H,4-5,8,15H2,1-3H3,(H,16,17). The minimum atomic E-state index is -0.601. The number of rotatable bonds is 4. The van der Waals surface area contributed by atoms with Gasteiger partial charge in [-0.25, -0.2) is 0 Å². The van der Waals surface area contributed by atoms with Crippen molar-refractivity contribution < 1.29 is 9.53 Å². The minimum Gasteiger partial charge on any atom is -0.496 e. The average Bonchev–Trinajstić information content (AvgIpc) is 3.05. The van der Waals surface area contributed by atoms with Crippen LogP contribution in [-0.2, 0) is 11.3 Å². The van der Waals surface area contributed by atoms with Crippen LogP contribution in [0.5, 0.6) is 5.75 Å². The molecule has 1 amide bonds. The molecule has 1 saturated carbocycles. The molecular formula is C14H20N2O2. The summed E-state index contributed by atoms with van der Waals surface area (Å²) in [6, 6.07) is 4.06. The van der Waals surface area contributed by atoms with Crippen molar-refractivity contribution in [1.29, 1.82) is 0 Å². The van der Waals surface area contributed by atoms with E-state index in [9.17, 15) is 4.79 Å². The number of benzene rings is 1. The normalized spacial score (nSPS) is 16.2. The summed E-state index contributed by atoms with van der Waals surface area (Å²) in [6.45, 7) is 4.52. The van der Waals surface area contributed by atoms with Gasteiger partial charge in [0.1, 0.15) is 5.75 Å². The van der Waals surface area contributed by atoms with Crippen LogP contribution in [0.25, 0.3) is 0 Å². The Labute approximate surface area is 108 Å². The van der Waals surface area contributed by atoms with Gasteiger partial charge >= 0.3 is 0 Å². The summed E-state index contributed by atoms with van der Waals surface area (Å²) >= 11 is 0. The van der Waals surface area contributed by atoms with Gasteiger partial charge < -0.3 is 15.8 Å². The predicted octanol–water partition coefficient (Wildman–Crippen LogP) is 1.42. The molecule has 0 saturated heterocycles. The van der Waals surface area contributed by atoms with Gasteiger partial charge in [0.05, 0.1) is 12.6 Å². The minimum absolute atomic E-state index is 0.0476. The van der Waals surface area contributed by atoms with Crippen LogP contribution in [0.15, 0.2) is 12.1 Å². The first-order valence-electron chi connectivity index (χ1n) is 6.17. The highest BCUT2D eigenvalue weighted by Gasteiger charge is 2.45. The summed E-state index contributed by atoms with van der Waals surface area (Å²) in [5.41, 5.74) is 8.46. The first-order valence-corrected chi connectivity index (χ1v) is 6.17. The quantitative estimate of drug-likeness (QED) is 0.847. The highest BCUT2D eigenvalue weighted by Crippen LogP contribution is 2.32. The van der Waals surface area contributed by atoms with Crippen LogP contribution in [0.4, 0.5) is 0 Å². The van der Waals surface area contributed by atoms with Gasteiger partial charge in [0.25, 0.3) is 0 Å². The van der Waals surface area contributed by atoms with Gasteiger partial charge in [0, 0.05) is 6.54 Å². The number of amides is 1. The van der Waals surface area contributed by atoms with E-state index in [1.54, 1.807) is 7.11 Å². The van der Waals surface area contributed by atoms with E-state index < -0.39 is 5.54 Å². The van der Waals surface area contributed by atoms with Gasteiger partial charge in [-0.3, -0.25) is 4.79 Å². The molecule has 1 fully saturated rings. The number of nitrogens with two attached hydrogens (primary N) is 1. The van der Waals surface area contributed by atoms with Crippen LogP contribution >= 0.6 is 0 Å². The van der Waals surface area contributed by atoms with Gasteiger partial charge in [0.15, 0.2) is 0 Å². The molecule has 1 aromatic carbocycles. The maximum absolute atomic E-state index is 11.7. The van der Waals surface area contributed by atoms with E-state index in [0.717, 1.165) is 35.3 Å². The second-order valence-corrected chi connectivity index (χ2v) is 5.10. The first-order chi connectivity index (χ1) is 8.46. The van der Waals surface area contributed by atoms with Gasteiger partial charge in [-0.1, -0.05) is 12.1 Å². The fourth-order valence-corrected chi connectivity index (χ4v) is 2.18. The van der Waals surface area contributed by atoms with E-state index in [4.69, 9.17) is 10.5 Å². The summed E-state index contributed by atoms with van der Waals surface area (Å²) < 4.78 is 5.31. The van der Waals surface area contributed by atoms with E-state index in [0.29, 0.717) is 6.54 Å². The maximum atomic E-state index is 11.7. The number of carbonyl (C=O) groups excluding carboxylic acids is 1. The van der Waals surface area contributed by atoms with E-state index in [1.807, 2.05) is 26.0 Å². The molecule has 0 spiro atoms. The molecule has 4 nitrogen and oxygen atoms in total. The smallest absolute Gasteiger partial charge is 0.240 e. The Morgan fingerprint density at radius 2 is 1.94 bits per heavy atom. The van der Waals surface area contributed by atoms with Crippen molar-refractivity contribution in [2.45, 2.75) is 38.8 Å². The van der Waals surface area contributed by atoms with E-state index in [1.165, 1.54) is 0 Å². The third-order valence-corrected chi connectivity index (χ3v) is 3.42. The molecule has 4 heteroatoms.